The fourth-order valence-electron chi connectivity index (χ4n) is 3.93. The quantitative estimate of drug-likeness (QED) is 0.687. The summed E-state index contributed by atoms with van der Waals surface area (Å²) >= 11 is 1.73. The smallest absolute Gasteiger partial charge is 0.189 e. The number of para-hydroxylation sites is 1. The molecule has 3 aromatic rings. The summed E-state index contributed by atoms with van der Waals surface area (Å²) in [6.07, 6.45) is 0.773. The molecule has 1 atom stereocenters. The van der Waals surface area contributed by atoms with Crippen molar-refractivity contribution in [3.63, 3.8) is 0 Å². The molecule has 1 aliphatic rings. The highest BCUT2D eigenvalue weighted by atomic mass is 32.1. The maximum atomic E-state index is 12.4. The molecule has 0 amide bonds. The van der Waals surface area contributed by atoms with Crippen LogP contribution in [-0.4, -0.2) is 52.2 Å². The lowest BCUT2D eigenvalue weighted by molar-refractivity contribution is 0.0495. The van der Waals surface area contributed by atoms with Gasteiger partial charge in [-0.3, -0.25) is 14.6 Å². The van der Waals surface area contributed by atoms with Crippen LogP contribution in [0, 0.1) is 0 Å². The van der Waals surface area contributed by atoms with Crippen molar-refractivity contribution in [1.29, 1.82) is 0 Å². The Hall–Kier alpha value is -1.99. The number of piperazine rings is 1. The van der Waals surface area contributed by atoms with Crippen LogP contribution in [0.2, 0.25) is 0 Å². The van der Waals surface area contributed by atoms with Gasteiger partial charge in [0.15, 0.2) is 5.43 Å². The van der Waals surface area contributed by atoms with Gasteiger partial charge in [0.25, 0.3) is 0 Å². The van der Waals surface area contributed by atoms with E-state index in [1.54, 1.807) is 17.4 Å². The van der Waals surface area contributed by atoms with Gasteiger partial charge in [-0.25, -0.2) is 0 Å². The van der Waals surface area contributed by atoms with E-state index < -0.39 is 0 Å². The van der Waals surface area contributed by atoms with Gasteiger partial charge in [0.05, 0.1) is 0 Å². The van der Waals surface area contributed by atoms with Crippen LogP contribution in [0.1, 0.15) is 17.7 Å². The number of hydrogen-bond acceptors (Lipinski definition) is 5. The molecule has 1 fully saturated rings. The first-order chi connectivity index (χ1) is 13.2. The average molecular weight is 384 g/mol. The van der Waals surface area contributed by atoms with Crippen LogP contribution in [0.15, 0.2) is 52.0 Å². The normalized spacial score (nSPS) is 18.9. The highest BCUT2D eigenvalue weighted by Crippen LogP contribution is 2.19. The molecule has 0 unspecified atom stereocenters. The molecule has 1 aromatic carbocycles. The summed E-state index contributed by atoms with van der Waals surface area (Å²) in [5.74, 6) is 0. The Bertz CT molecular complexity index is 938. The van der Waals surface area contributed by atoms with Gasteiger partial charge in [-0.05, 0) is 40.9 Å². The summed E-state index contributed by atoms with van der Waals surface area (Å²) in [5.41, 5.74) is 3.26. The fraction of sp³-hybridized carbons (Fsp3) is 0.381. The van der Waals surface area contributed by atoms with Gasteiger partial charge in [-0.1, -0.05) is 12.1 Å². The topological polar surface area (TPSA) is 59.6 Å². The summed E-state index contributed by atoms with van der Waals surface area (Å²) in [4.78, 5) is 20.6. The predicted octanol–water partition coefficient (Wildman–Crippen LogP) is 2.66. The predicted molar refractivity (Wildman–Crippen MR) is 110 cm³/mol. The first kappa shape index (κ1) is 18.4. The first-order valence-corrected chi connectivity index (χ1v) is 10.4. The largest absolute Gasteiger partial charge is 0.396 e. The Kier molecular flexibility index (Phi) is 5.69. The molecule has 2 N–H and O–H groups in total. The molecule has 142 valence electrons. The molecule has 6 heteroatoms. The third-order valence-corrected chi connectivity index (χ3v) is 6.04. The number of aromatic nitrogens is 1. The van der Waals surface area contributed by atoms with Gasteiger partial charge in [-0.15, -0.1) is 0 Å². The summed E-state index contributed by atoms with van der Waals surface area (Å²) < 4.78 is 0. The van der Waals surface area contributed by atoms with Crippen LogP contribution in [0.25, 0.3) is 10.9 Å². The lowest BCUT2D eigenvalue weighted by atomic mass is 10.1. The highest BCUT2D eigenvalue weighted by Gasteiger charge is 2.27. The number of rotatable bonds is 6. The number of hydrogen-bond donors (Lipinski definition) is 2. The lowest BCUT2D eigenvalue weighted by Gasteiger charge is -2.41. The number of H-pyrrole nitrogens is 1. The molecule has 0 radical (unpaired) electrons. The van der Waals surface area contributed by atoms with Crippen LogP contribution in [0.5, 0.6) is 0 Å². The molecule has 5 nitrogen and oxygen atoms in total. The van der Waals surface area contributed by atoms with E-state index in [1.165, 1.54) is 5.56 Å². The number of aliphatic hydroxyl groups is 1. The molecule has 0 spiro atoms. The molecule has 4 rings (SSSR count). The number of aliphatic hydroxyl groups excluding tert-OH is 1. The zero-order valence-electron chi connectivity index (χ0n) is 15.3. The second-order valence-corrected chi connectivity index (χ2v) is 7.99. The SMILES string of the molecule is O=c1cc(CN2CCN(Cc3ccsc3)[C@H](CCO)C2)[nH]c2ccccc12. The van der Waals surface area contributed by atoms with E-state index in [0.29, 0.717) is 6.04 Å². The van der Waals surface area contributed by atoms with Gasteiger partial charge in [0.2, 0.25) is 0 Å². The minimum atomic E-state index is 0.0716. The molecule has 1 aliphatic heterocycles. The molecule has 0 bridgehead atoms. The molecule has 1 saturated heterocycles. The molecule has 2 aromatic heterocycles. The van der Waals surface area contributed by atoms with E-state index in [0.717, 1.165) is 55.7 Å². The van der Waals surface area contributed by atoms with Crippen molar-refractivity contribution in [2.75, 3.05) is 26.2 Å². The number of aromatic amines is 1. The van der Waals surface area contributed by atoms with Gasteiger partial charge in [0.1, 0.15) is 0 Å². The summed E-state index contributed by atoms with van der Waals surface area (Å²) in [7, 11) is 0. The monoisotopic (exact) mass is 383 g/mol. The molecule has 0 saturated carbocycles. The highest BCUT2D eigenvalue weighted by molar-refractivity contribution is 7.07. The van der Waals surface area contributed by atoms with Crippen LogP contribution in [0.3, 0.4) is 0 Å². The molecule has 27 heavy (non-hydrogen) atoms. The Morgan fingerprint density at radius 2 is 2.07 bits per heavy atom. The molecular formula is C21H25N3O2S. The minimum absolute atomic E-state index is 0.0716. The second-order valence-electron chi connectivity index (χ2n) is 7.21. The van der Waals surface area contributed by atoms with Crippen LogP contribution in [-0.2, 0) is 13.1 Å². The third kappa shape index (κ3) is 4.30. The fourth-order valence-corrected chi connectivity index (χ4v) is 4.59. The van der Waals surface area contributed by atoms with Gasteiger partial charge in [0, 0.05) is 68.0 Å². The zero-order chi connectivity index (χ0) is 18.6. The Morgan fingerprint density at radius 1 is 1.19 bits per heavy atom. The zero-order valence-corrected chi connectivity index (χ0v) is 16.1. The van der Waals surface area contributed by atoms with Crippen LogP contribution >= 0.6 is 11.3 Å². The molecule has 3 heterocycles. The Balaban J connectivity index is 1.46. The van der Waals surface area contributed by atoms with E-state index in [4.69, 9.17) is 0 Å². The molecule has 0 aliphatic carbocycles. The van der Waals surface area contributed by atoms with E-state index in [-0.39, 0.29) is 12.0 Å². The number of fused-ring (bicyclic) bond motifs is 1. The van der Waals surface area contributed by atoms with Crippen molar-refractivity contribution < 1.29 is 5.11 Å². The second kappa shape index (κ2) is 8.35. The van der Waals surface area contributed by atoms with Crippen LogP contribution < -0.4 is 5.43 Å². The number of benzene rings is 1. The average Bonchev–Trinajstić information content (AvgIpc) is 3.17. The first-order valence-electron chi connectivity index (χ1n) is 9.42. The third-order valence-electron chi connectivity index (χ3n) is 5.30. The lowest BCUT2D eigenvalue weighted by Crippen LogP contribution is -2.52. The van der Waals surface area contributed by atoms with Crippen molar-refractivity contribution in [1.82, 2.24) is 14.8 Å². The van der Waals surface area contributed by atoms with Crippen molar-refractivity contribution in [2.24, 2.45) is 0 Å². The minimum Gasteiger partial charge on any atom is -0.396 e. The van der Waals surface area contributed by atoms with Gasteiger partial charge < -0.3 is 10.1 Å². The van der Waals surface area contributed by atoms with Gasteiger partial charge in [-0.2, -0.15) is 11.3 Å². The van der Waals surface area contributed by atoms with E-state index in [9.17, 15) is 9.90 Å². The Labute approximate surface area is 162 Å². The van der Waals surface area contributed by atoms with E-state index in [1.807, 2.05) is 24.3 Å². The number of nitrogens with one attached hydrogen (secondary N) is 1. The summed E-state index contributed by atoms with van der Waals surface area (Å²) in [6.45, 7) is 4.70. The number of nitrogens with zero attached hydrogens (tertiary/aromatic N) is 2. The van der Waals surface area contributed by atoms with E-state index in [2.05, 4.69) is 31.6 Å². The maximum absolute atomic E-state index is 12.4. The van der Waals surface area contributed by atoms with Crippen molar-refractivity contribution in [2.45, 2.75) is 25.6 Å². The van der Waals surface area contributed by atoms with Crippen LogP contribution in [0.4, 0.5) is 0 Å². The molecular weight excluding hydrogens is 358 g/mol. The van der Waals surface area contributed by atoms with Crippen molar-refractivity contribution in [3.8, 4) is 0 Å². The summed E-state index contributed by atoms with van der Waals surface area (Å²) in [6, 6.07) is 11.9. The van der Waals surface area contributed by atoms with Gasteiger partial charge >= 0.3 is 0 Å². The van der Waals surface area contributed by atoms with Crippen molar-refractivity contribution >= 4 is 22.2 Å². The Morgan fingerprint density at radius 3 is 2.89 bits per heavy atom. The van der Waals surface area contributed by atoms with E-state index >= 15 is 0 Å². The number of pyridine rings is 1. The number of thiophene rings is 1. The standard InChI is InChI=1S/C21H25N3O2S/c25-9-5-18-14-23(7-8-24(18)12-16-6-10-27-15-16)13-17-11-21(26)19-3-1-2-4-20(19)22-17/h1-4,6,10-11,15,18,25H,5,7-9,12-14H2,(H,22,26)/t18-/m1/s1. The summed E-state index contributed by atoms with van der Waals surface area (Å²) in [5, 5.41) is 14.5. The van der Waals surface area contributed by atoms with Crippen molar-refractivity contribution in [3.05, 3.63) is 68.6 Å². The maximum Gasteiger partial charge on any atom is 0.189 e.